The molecule has 3 aromatic rings. The number of piperazine rings is 1. The molecule has 0 unspecified atom stereocenters. The number of carbonyl (C=O) groups excluding carboxylic acids is 1. The van der Waals surface area contributed by atoms with Crippen LogP contribution < -0.4 is 20.1 Å². The second-order valence-corrected chi connectivity index (χ2v) is 7.43. The van der Waals surface area contributed by atoms with Gasteiger partial charge in [-0.15, -0.1) is 12.4 Å². The Morgan fingerprint density at radius 3 is 2.28 bits per heavy atom. The fourth-order valence-electron chi connectivity index (χ4n) is 3.88. The van der Waals surface area contributed by atoms with Gasteiger partial charge < -0.3 is 24.3 Å². The first kappa shape index (κ1) is 23.4. The van der Waals surface area contributed by atoms with Crippen molar-refractivity contribution in [1.82, 2.24) is 14.9 Å². The molecule has 0 amide bonds. The van der Waals surface area contributed by atoms with Gasteiger partial charge in [-0.3, -0.25) is 9.69 Å². The predicted molar refractivity (Wildman–Crippen MR) is 126 cm³/mol. The highest BCUT2D eigenvalue weighted by Crippen LogP contribution is 2.28. The second-order valence-electron chi connectivity index (χ2n) is 7.43. The number of nitrogens with one attached hydrogen (secondary N) is 2. The van der Waals surface area contributed by atoms with Crippen molar-refractivity contribution in [1.29, 1.82) is 0 Å². The SMILES string of the molecule is COc1ccc(C(=O)c2[nH]c(=O)[nH]c2CN2CCN(c3ccccc3OC)CC2)cc1.Cl. The topological polar surface area (TPSA) is 90.7 Å². The van der Waals surface area contributed by atoms with Crippen molar-refractivity contribution in [2.45, 2.75) is 6.54 Å². The van der Waals surface area contributed by atoms with Crippen molar-refractivity contribution in [2.24, 2.45) is 0 Å². The largest absolute Gasteiger partial charge is 0.497 e. The lowest BCUT2D eigenvalue weighted by molar-refractivity contribution is 0.103. The Hall–Kier alpha value is -3.23. The molecule has 1 fully saturated rings. The average molecular weight is 459 g/mol. The Kier molecular flexibility index (Phi) is 7.61. The maximum Gasteiger partial charge on any atom is 0.323 e. The van der Waals surface area contributed by atoms with Crippen LogP contribution in [0.15, 0.2) is 53.3 Å². The summed E-state index contributed by atoms with van der Waals surface area (Å²) in [5.74, 6) is 1.31. The molecule has 1 aliphatic rings. The number of nitrogens with zero attached hydrogens (tertiary/aromatic N) is 2. The summed E-state index contributed by atoms with van der Waals surface area (Å²) in [5.41, 5.74) is 2.12. The van der Waals surface area contributed by atoms with Gasteiger partial charge in [0.15, 0.2) is 0 Å². The summed E-state index contributed by atoms with van der Waals surface area (Å²) in [6, 6.07) is 14.8. The van der Waals surface area contributed by atoms with Crippen LogP contribution in [-0.4, -0.2) is 61.0 Å². The maximum absolute atomic E-state index is 13.0. The van der Waals surface area contributed by atoms with E-state index in [2.05, 4.69) is 25.8 Å². The van der Waals surface area contributed by atoms with E-state index in [0.29, 0.717) is 29.2 Å². The third kappa shape index (κ3) is 4.98. The van der Waals surface area contributed by atoms with E-state index in [1.165, 1.54) is 0 Å². The zero-order valence-corrected chi connectivity index (χ0v) is 18.9. The fraction of sp³-hybridized carbons (Fsp3) is 0.304. The Morgan fingerprint density at radius 2 is 1.62 bits per heavy atom. The minimum atomic E-state index is -0.375. The number of aromatic nitrogens is 2. The monoisotopic (exact) mass is 458 g/mol. The fourth-order valence-corrected chi connectivity index (χ4v) is 3.88. The number of aromatic amines is 2. The molecular weight excluding hydrogens is 432 g/mol. The molecule has 0 bridgehead atoms. The normalized spacial score (nSPS) is 14.0. The zero-order valence-electron chi connectivity index (χ0n) is 18.1. The van der Waals surface area contributed by atoms with Crippen molar-refractivity contribution >= 4 is 23.9 Å². The van der Waals surface area contributed by atoms with Gasteiger partial charge >= 0.3 is 5.69 Å². The molecule has 0 spiro atoms. The van der Waals surface area contributed by atoms with Crippen LogP contribution in [0.25, 0.3) is 0 Å². The van der Waals surface area contributed by atoms with Gasteiger partial charge in [0.05, 0.1) is 25.6 Å². The van der Waals surface area contributed by atoms with Crippen molar-refractivity contribution in [3.8, 4) is 11.5 Å². The zero-order chi connectivity index (χ0) is 21.8. The number of hydrogen-bond donors (Lipinski definition) is 2. The van der Waals surface area contributed by atoms with Crippen LogP contribution >= 0.6 is 12.4 Å². The van der Waals surface area contributed by atoms with Gasteiger partial charge in [0.2, 0.25) is 5.78 Å². The number of ketones is 1. The van der Waals surface area contributed by atoms with Gasteiger partial charge in [-0.05, 0) is 36.4 Å². The minimum absolute atomic E-state index is 0. The molecule has 170 valence electrons. The van der Waals surface area contributed by atoms with Gasteiger partial charge in [0.25, 0.3) is 0 Å². The molecule has 1 saturated heterocycles. The molecule has 4 rings (SSSR count). The molecule has 1 aliphatic heterocycles. The lowest BCUT2D eigenvalue weighted by atomic mass is 10.1. The molecule has 0 atom stereocenters. The smallest absolute Gasteiger partial charge is 0.323 e. The third-order valence-corrected chi connectivity index (χ3v) is 5.56. The molecule has 8 nitrogen and oxygen atoms in total. The van der Waals surface area contributed by atoms with E-state index >= 15 is 0 Å². The lowest BCUT2D eigenvalue weighted by Gasteiger charge is -2.36. The standard InChI is InChI=1S/C23H26N4O4.ClH/c1-30-17-9-7-16(8-10-17)22(28)21-18(24-23(29)25-21)15-26-11-13-27(14-12-26)19-5-3-4-6-20(19)31-2;/h3-10H,11-15H2,1-2H3,(H2,24,25,29);1H. The van der Waals surface area contributed by atoms with Crippen LogP contribution in [0.5, 0.6) is 11.5 Å². The predicted octanol–water partition coefficient (Wildman–Crippen LogP) is 2.70. The minimum Gasteiger partial charge on any atom is -0.497 e. The number of rotatable bonds is 7. The van der Waals surface area contributed by atoms with E-state index in [4.69, 9.17) is 9.47 Å². The van der Waals surface area contributed by atoms with Crippen molar-refractivity contribution in [3.05, 3.63) is 76.0 Å². The maximum atomic E-state index is 13.0. The number of para-hydroxylation sites is 2. The molecule has 0 saturated carbocycles. The van der Waals surface area contributed by atoms with Crippen LogP contribution in [0.4, 0.5) is 5.69 Å². The highest BCUT2D eigenvalue weighted by Gasteiger charge is 2.23. The Bertz CT molecular complexity index is 1100. The number of H-pyrrole nitrogens is 2. The van der Waals surface area contributed by atoms with Crippen LogP contribution in [0, 0.1) is 0 Å². The van der Waals surface area contributed by atoms with Gasteiger partial charge in [0, 0.05) is 38.3 Å². The molecular formula is C23H27ClN4O4. The van der Waals surface area contributed by atoms with Crippen LogP contribution in [-0.2, 0) is 6.54 Å². The number of benzene rings is 2. The van der Waals surface area contributed by atoms with Crippen LogP contribution in [0.3, 0.4) is 0 Å². The summed E-state index contributed by atoms with van der Waals surface area (Å²) in [6.07, 6.45) is 0. The van der Waals surface area contributed by atoms with Crippen LogP contribution in [0.2, 0.25) is 0 Å². The van der Waals surface area contributed by atoms with E-state index in [0.717, 1.165) is 37.6 Å². The Morgan fingerprint density at radius 1 is 0.938 bits per heavy atom. The lowest BCUT2D eigenvalue weighted by Crippen LogP contribution is -2.46. The first-order valence-electron chi connectivity index (χ1n) is 10.2. The number of imidazole rings is 1. The number of ether oxygens (including phenoxy) is 2. The van der Waals surface area contributed by atoms with E-state index < -0.39 is 0 Å². The van der Waals surface area contributed by atoms with E-state index in [9.17, 15) is 9.59 Å². The van der Waals surface area contributed by atoms with Gasteiger partial charge in [-0.2, -0.15) is 0 Å². The van der Waals surface area contributed by atoms with Crippen molar-refractivity contribution in [2.75, 3.05) is 45.3 Å². The highest BCUT2D eigenvalue weighted by atomic mass is 35.5. The molecule has 2 N–H and O–H groups in total. The summed E-state index contributed by atoms with van der Waals surface area (Å²) >= 11 is 0. The Balaban J connectivity index is 0.00000289. The molecule has 2 heterocycles. The number of anilines is 1. The van der Waals surface area contributed by atoms with E-state index in [1.807, 2.05) is 18.2 Å². The second kappa shape index (κ2) is 10.4. The molecule has 0 aliphatic carbocycles. The number of hydrogen-bond acceptors (Lipinski definition) is 6. The van der Waals surface area contributed by atoms with Crippen molar-refractivity contribution in [3.63, 3.8) is 0 Å². The van der Waals surface area contributed by atoms with Gasteiger partial charge in [0.1, 0.15) is 17.2 Å². The van der Waals surface area contributed by atoms with E-state index in [-0.39, 0.29) is 23.9 Å². The summed E-state index contributed by atoms with van der Waals surface area (Å²) in [6.45, 7) is 3.77. The first-order chi connectivity index (χ1) is 15.1. The van der Waals surface area contributed by atoms with Gasteiger partial charge in [-0.25, -0.2) is 4.79 Å². The molecule has 0 radical (unpaired) electrons. The molecule has 9 heteroatoms. The summed E-state index contributed by atoms with van der Waals surface area (Å²) in [7, 11) is 3.25. The van der Waals surface area contributed by atoms with Crippen LogP contribution in [0.1, 0.15) is 21.7 Å². The third-order valence-electron chi connectivity index (χ3n) is 5.56. The van der Waals surface area contributed by atoms with E-state index in [1.54, 1.807) is 38.5 Å². The number of halogens is 1. The summed E-state index contributed by atoms with van der Waals surface area (Å²) in [5, 5.41) is 0. The number of carbonyl (C=O) groups is 1. The summed E-state index contributed by atoms with van der Waals surface area (Å²) < 4.78 is 10.6. The molecule has 32 heavy (non-hydrogen) atoms. The molecule has 1 aromatic heterocycles. The first-order valence-corrected chi connectivity index (χ1v) is 10.2. The molecule has 2 aromatic carbocycles. The van der Waals surface area contributed by atoms with Crippen molar-refractivity contribution < 1.29 is 14.3 Å². The quantitative estimate of drug-likeness (QED) is 0.529. The van der Waals surface area contributed by atoms with Gasteiger partial charge in [-0.1, -0.05) is 12.1 Å². The summed E-state index contributed by atoms with van der Waals surface area (Å²) in [4.78, 5) is 34.9. The highest BCUT2D eigenvalue weighted by molar-refractivity contribution is 6.08. The number of methoxy groups -OCH3 is 2. The average Bonchev–Trinajstić information content (AvgIpc) is 3.19. The Labute approximate surface area is 192 Å².